The molecule has 0 aliphatic rings. The first-order valence-corrected chi connectivity index (χ1v) is 7.14. The lowest BCUT2D eigenvalue weighted by molar-refractivity contribution is 1.11. The Bertz CT molecular complexity index is 746. The van der Waals surface area contributed by atoms with Crippen molar-refractivity contribution in [3.63, 3.8) is 0 Å². The molecule has 0 aliphatic heterocycles. The third-order valence-corrected chi connectivity index (χ3v) is 3.47. The van der Waals surface area contributed by atoms with Crippen molar-refractivity contribution in [2.24, 2.45) is 0 Å². The van der Waals surface area contributed by atoms with Gasteiger partial charge in [0.1, 0.15) is 10.7 Å². The summed E-state index contributed by atoms with van der Waals surface area (Å²) in [4.78, 5) is 12.8. The maximum absolute atomic E-state index is 5.77. The number of hydrogen-bond acceptors (Lipinski definition) is 4. The highest BCUT2D eigenvalue weighted by atomic mass is 79.9. The van der Waals surface area contributed by atoms with Crippen LogP contribution in [-0.4, -0.2) is 15.0 Å². The van der Waals surface area contributed by atoms with Gasteiger partial charge in [-0.3, -0.25) is 9.97 Å². The van der Waals surface area contributed by atoms with E-state index in [-0.39, 0.29) is 0 Å². The van der Waals surface area contributed by atoms with Crippen LogP contribution in [0.3, 0.4) is 0 Å². The molecule has 20 heavy (non-hydrogen) atoms. The van der Waals surface area contributed by atoms with E-state index in [1.54, 1.807) is 24.7 Å². The summed E-state index contributed by atoms with van der Waals surface area (Å²) in [5.74, 6) is 0. The Morgan fingerprint density at radius 1 is 1.10 bits per heavy atom. The average molecular weight is 350 g/mol. The van der Waals surface area contributed by atoms with Crippen molar-refractivity contribution in [3.8, 4) is 0 Å². The highest BCUT2D eigenvalue weighted by Gasteiger charge is 2.04. The zero-order chi connectivity index (χ0) is 13.9. The Labute approximate surface area is 129 Å². The summed E-state index contributed by atoms with van der Waals surface area (Å²) in [6, 6.07) is 7.57. The molecule has 3 heterocycles. The summed E-state index contributed by atoms with van der Waals surface area (Å²) < 4.78 is 0.913. The summed E-state index contributed by atoms with van der Waals surface area (Å²) in [7, 11) is 0. The SMILES string of the molecule is Clc1ccc(CNc2ccnc3cc(Br)cnc23)cn1. The van der Waals surface area contributed by atoms with Gasteiger partial charge in [0, 0.05) is 29.6 Å². The number of nitrogens with zero attached hydrogens (tertiary/aromatic N) is 3. The van der Waals surface area contributed by atoms with Crippen LogP contribution < -0.4 is 5.32 Å². The molecule has 3 aromatic rings. The molecule has 0 fully saturated rings. The number of halogens is 2. The van der Waals surface area contributed by atoms with E-state index in [0.717, 1.165) is 26.8 Å². The van der Waals surface area contributed by atoms with Gasteiger partial charge in [-0.15, -0.1) is 0 Å². The lowest BCUT2D eigenvalue weighted by Gasteiger charge is -2.08. The van der Waals surface area contributed by atoms with Crippen LogP contribution in [-0.2, 0) is 6.54 Å². The Morgan fingerprint density at radius 2 is 2.00 bits per heavy atom. The fourth-order valence-corrected chi connectivity index (χ4v) is 2.29. The van der Waals surface area contributed by atoms with E-state index in [4.69, 9.17) is 11.6 Å². The molecule has 0 radical (unpaired) electrons. The molecule has 0 amide bonds. The van der Waals surface area contributed by atoms with Gasteiger partial charge in [0.05, 0.1) is 11.2 Å². The van der Waals surface area contributed by atoms with Crippen LogP contribution in [0.5, 0.6) is 0 Å². The molecule has 0 unspecified atom stereocenters. The topological polar surface area (TPSA) is 50.7 Å². The second kappa shape index (κ2) is 5.73. The lowest BCUT2D eigenvalue weighted by Crippen LogP contribution is -2.01. The number of anilines is 1. The van der Waals surface area contributed by atoms with E-state index in [1.165, 1.54) is 0 Å². The van der Waals surface area contributed by atoms with Crippen LogP contribution >= 0.6 is 27.5 Å². The van der Waals surface area contributed by atoms with Crippen LogP contribution in [0, 0.1) is 0 Å². The normalized spacial score (nSPS) is 10.7. The number of rotatable bonds is 3. The highest BCUT2D eigenvalue weighted by Crippen LogP contribution is 2.22. The van der Waals surface area contributed by atoms with Gasteiger partial charge in [-0.2, -0.15) is 0 Å². The molecular formula is C14H10BrClN4. The molecule has 0 bridgehead atoms. The van der Waals surface area contributed by atoms with Gasteiger partial charge in [0.2, 0.25) is 0 Å². The molecule has 4 nitrogen and oxygen atoms in total. The zero-order valence-corrected chi connectivity index (χ0v) is 12.7. The Kier molecular flexibility index (Phi) is 3.80. The predicted octanol–water partition coefficient (Wildman–Crippen LogP) is 4.05. The molecule has 6 heteroatoms. The molecule has 0 aliphatic carbocycles. The number of nitrogens with one attached hydrogen (secondary N) is 1. The van der Waals surface area contributed by atoms with E-state index in [9.17, 15) is 0 Å². The Morgan fingerprint density at radius 3 is 2.80 bits per heavy atom. The summed E-state index contributed by atoms with van der Waals surface area (Å²) >= 11 is 9.16. The van der Waals surface area contributed by atoms with Gasteiger partial charge in [-0.1, -0.05) is 17.7 Å². The first kappa shape index (κ1) is 13.3. The van der Waals surface area contributed by atoms with Crippen molar-refractivity contribution in [1.29, 1.82) is 0 Å². The average Bonchev–Trinajstić information content (AvgIpc) is 2.46. The number of fused-ring (bicyclic) bond motifs is 1. The van der Waals surface area contributed by atoms with Crippen LogP contribution in [0.1, 0.15) is 5.56 Å². The highest BCUT2D eigenvalue weighted by molar-refractivity contribution is 9.10. The smallest absolute Gasteiger partial charge is 0.129 e. The molecule has 0 atom stereocenters. The maximum atomic E-state index is 5.77. The second-order valence-corrected chi connectivity index (χ2v) is 5.53. The van der Waals surface area contributed by atoms with Crippen LogP contribution in [0.2, 0.25) is 5.15 Å². The molecule has 3 aromatic heterocycles. The predicted molar refractivity (Wildman–Crippen MR) is 83.8 cm³/mol. The summed E-state index contributed by atoms with van der Waals surface area (Å²) in [5, 5.41) is 3.84. The van der Waals surface area contributed by atoms with E-state index in [1.807, 2.05) is 18.2 Å². The number of pyridine rings is 3. The third kappa shape index (κ3) is 2.89. The summed E-state index contributed by atoms with van der Waals surface area (Å²) in [6.45, 7) is 0.654. The van der Waals surface area contributed by atoms with Crippen molar-refractivity contribution in [1.82, 2.24) is 15.0 Å². The van der Waals surface area contributed by atoms with E-state index >= 15 is 0 Å². The van der Waals surface area contributed by atoms with Gasteiger partial charge in [-0.25, -0.2) is 4.98 Å². The van der Waals surface area contributed by atoms with Gasteiger partial charge >= 0.3 is 0 Å². The van der Waals surface area contributed by atoms with Crippen molar-refractivity contribution in [3.05, 3.63) is 58.0 Å². The molecule has 0 aromatic carbocycles. The van der Waals surface area contributed by atoms with E-state index in [2.05, 4.69) is 36.2 Å². The second-order valence-electron chi connectivity index (χ2n) is 4.22. The molecule has 0 saturated heterocycles. The van der Waals surface area contributed by atoms with Crippen molar-refractivity contribution in [2.75, 3.05) is 5.32 Å². The van der Waals surface area contributed by atoms with Crippen LogP contribution in [0.15, 0.2) is 47.3 Å². The molecule has 0 spiro atoms. The number of hydrogen-bond donors (Lipinski definition) is 1. The summed E-state index contributed by atoms with van der Waals surface area (Å²) in [6.07, 6.45) is 5.28. The summed E-state index contributed by atoms with van der Waals surface area (Å²) in [5.41, 5.74) is 3.69. The largest absolute Gasteiger partial charge is 0.379 e. The minimum absolute atomic E-state index is 0.495. The first-order chi connectivity index (χ1) is 9.72. The Balaban J connectivity index is 1.85. The van der Waals surface area contributed by atoms with E-state index in [0.29, 0.717) is 11.7 Å². The zero-order valence-electron chi connectivity index (χ0n) is 10.3. The van der Waals surface area contributed by atoms with Gasteiger partial charge in [-0.05, 0) is 39.7 Å². The first-order valence-electron chi connectivity index (χ1n) is 5.97. The fraction of sp³-hybridized carbons (Fsp3) is 0.0714. The fourth-order valence-electron chi connectivity index (χ4n) is 1.86. The van der Waals surface area contributed by atoms with Crippen molar-refractivity contribution in [2.45, 2.75) is 6.54 Å². The minimum Gasteiger partial charge on any atom is -0.379 e. The molecule has 0 saturated carbocycles. The lowest BCUT2D eigenvalue weighted by atomic mass is 10.2. The quantitative estimate of drug-likeness (QED) is 0.725. The third-order valence-electron chi connectivity index (χ3n) is 2.82. The monoisotopic (exact) mass is 348 g/mol. The molecule has 1 N–H and O–H groups in total. The molecule has 3 rings (SSSR count). The van der Waals surface area contributed by atoms with Crippen molar-refractivity contribution < 1.29 is 0 Å². The van der Waals surface area contributed by atoms with E-state index < -0.39 is 0 Å². The number of aromatic nitrogens is 3. The van der Waals surface area contributed by atoms with Gasteiger partial charge in [0.15, 0.2) is 0 Å². The van der Waals surface area contributed by atoms with Crippen molar-refractivity contribution >= 4 is 44.3 Å². The van der Waals surface area contributed by atoms with Crippen LogP contribution in [0.25, 0.3) is 11.0 Å². The minimum atomic E-state index is 0.495. The molecular weight excluding hydrogens is 340 g/mol. The molecule has 100 valence electrons. The van der Waals surface area contributed by atoms with Crippen LogP contribution in [0.4, 0.5) is 5.69 Å². The van der Waals surface area contributed by atoms with Gasteiger partial charge in [0.25, 0.3) is 0 Å². The van der Waals surface area contributed by atoms with Gasteiger partial charge < -0.3 is 5.32 Å². The maximum Gasteiger partial charge on any atom is 0.129 e. The Hall–Kier alpha value is -1.72. The standard InChI is InChI=1S/C14H10BrClN4/c15-10-5-12-14(20-8-10)11(3-4-17-12)18-6-9-1-2-13(16)19-7-9/h1-5,7-8H,6H2,(H,17,18).